The Morgan fingerprint density at radius 3 is 2.76 bits per heavy atom. The van der Waals surface area contributed by atoms with E-state index >= 15 is 0 Å². The van der Waals surface area contributed by atoms with E-state index in [2.05, 4.69) is 60.9 Å². The third-order valence-electron chi connectivity index (χ3n) is 3.46. The van der Waals surface area contributed by atoms with Gasteiger partial charge in [-0.25, -0.2) is 4.98 Å². The summed E-state index contributed by atoms with van der Waals surface area (Å²) in [6, 6.07) is 4.76. The van der Waals surface area contributed by atoms with Crippen LogP contribution in [0.15, 0.2) is 22.9 Å². The molecule has 1 N–H and O–H groups in total. The van der Waals surface area contributed by atoms with Gasteiger partial charge in [-0.1, -0.05) is 19.9 Å². The molecular formula is C16H25N3S2. The van der Waals surface area contributed by atoms with Gasteiger partial charge in [-0.3, -0.25) is 4.90 Å². The fraction of sp³-hybridized carbons (Fsp3) is 0.562. The molecule has 0 bridgehead atoms. The molecule has 0 amide bonds. The molecule has 2 heterocycles. The number of thiophene rings is 1. The van der Waals surface area contributed by atoms with Crippen molar-refractivity contribution in [2.75, 3.05) is 13.6 Å². The highest BCUT2D eigenvalue weighted by Crippen LogP contribution is 2.25. The zero-order valence-corrected chi connectivity index (χ0v) is 14.9. The van der Waals surface area contributed by atoms with Gasteiger partial charge in [0.1, 0.15) is 5.01 Å². The summed E-state index contributed by atoms with van der Waals surface area (Å²) in [6.45, 7) is 9.53. The highest BCUT2D eigenvalue weighted by Gasteiger charge is 2.14. The molecule has 5 heteroatoms. The van der Waals surface area contributed by atoms with Crippen LogP contribution < -0.4 is 5.32 Å². The third-order valence-corrected chi connectivity index (χ3v) is 5.40. The van der Waals surface area contributed by atoms with Crippen LogP contribution in [0.3, 0.4) is 0 Å². The lowest BCUT2D eigenvalue weighted by atomic mass is 10.2. The van der Waals surface area contributed by atoms with E-state index in [1.165, 1.54) is 15.6 Å². The number of hydrogen-bond acceptors (Lipinski definition) is 5. The first-order valence-electron chi connectivity index (χ1n) is 7.44. The molecule has 0 aliphatic heterocycles. The van der Waals surface area contributed by atoms with E-state index < -0.39 is 0 Å². The van der Waals surface area contributed by atoms with Crippen molar-refractivity contribution in [3.8, 4) is 0 Å². The largest absolute Gasteiger partial charge is 0.310 e. The standard InChI is InChI=1S/C16H25N3S2/c1-12(2)8-17-9-16-18-14(11-21-16)10-19(4)13(3)15-6-5-7-20-15/h5-7,11-13,17H,8-10H2,1-4H3. The van der Waals surface area contributed by atoms with Crippen molar-refractivity contribution in [3.63, 3.8) is 0 Å². The summed E-state index contributed by atoms with van der Waals surface area (Å²) in [5.41, 5.74) is 1.17. The second-order valence-electron chi connectivity index (χ2n) is 5.86. The van der Waals surface area contributed by atoms with Crippen molar-refractivity contribution in [1.82, 2.24) is 15.2 Å². The lowest BCUT2D eigenvalue weighted by Gasteiger charge is -2.22. The Morgan fingerprint density at radius 1 is 1.29 bits per heavy atom. The van der Waals surface area contributed by atoms with Gasteiger partial charge in [-0.05, 0) is 37.9 Å². The number of aromatic nitrogens is 1. The summed E-state index contributed by atoms with van der Waals surface area (Å²) in [4.78, 5) is 8.49. The predicted octanol–water partition coefficient (Wildman–Crippen LogP) is 4.14. The zero-order valence-electron chi connectivity index (χ0n) is 13.3. The van der Waals surface area contributed by atoms with Crippen LogP contribution in [0.1, 0.15) is 42.4 Å². The van der Waals surface area contributed by atoms with Crippen LogP contribution >= 0.6 is 22.7 Å². The summed E-state index contributed by atoms with van der Waals surface area (Å²) in [5, 5.41) is 8.96. The van der Waals surface area contributed by atoms with Crippen molar-refractivity contribution in [1.29, 1.82) is 0 Å². The predicted molar refractivity (Wildman–Crippen MR) is 92.9 cm³/mol. The molecule has 1 atom stereocenters. The Balaban J connectivity index is 1.84. The maximum Gasteiger partial charge on any atom is 0.107 e. The molecule has 2 aromatic heterocycles. The summed E-state index contributed by atoms with van der Waals surface area (Å²) in [7, 11) is 2.17. The fourth-order valence-corrected chi connectivity index (χ4v) is 3.71. The molecule has 0 saturated carbocycles. The molecule has 0 aliphatic rings. The minimum absolute atomic E-state index is 0.439. The number of nitrogens with zero attached hydrogens (tertiary/aromatic N) is 2. The van der Waals surface area contributed by atoms with Gasteiger partial charge < -0.3 is 5.32 Å². The van der Waals surface area contributed by atoms with E-state index in [-0.39, 0.29) is 0 Å². The minimum Gasteiger partial charge on any atom is -0.310 e. The molecule has 0 aliphatic carbocycles. The molecule has 21 heavy (non-hydrogen) atoms. The Kier molecular flexibility index (Phi) is 6.36. The van der Waals surface area contributed by atoms with E-state index in [4.69, 9.17) is 4.98 Å². The molecule has 0 aromatic carbocycles. The maximum absolute atomic E-state index is 4.73. The normalized spacial score (nSPS) is 13.2. The molecule has 1 unspecified atom stereocenters. The number of nitrogens with one attached hydrogen (secondary N) is 1. The topological polar surface area (TPSA) is 28.2 Å². The lowest BCUT2D eigenvalue weighted by molar-refractivity contribution is 0.254. The smallest absolute Gasteiger partial charge is 0.107 e. The monoisotopic (exact) mass is 323 g/mol. The third kappa shape index (κ3) is 5.18. The van der Waals surface area contributed by atoms with Crippen molar-refractivity contribution < 1.29 is 0 Å². The minimum atomic E-state index is 0.439. The summed E-state index contributed by atoms with van der Waals surface area (Å²) in [6.07, 6.45) is 0. The van der Waals surface area contributed by atoms with Gasteiger partial charge in [0.25, 0.3) is 0 Å². The van der Waals surface area contributed by atoms with Crippen LogP contribution in [0.2, 0.25) is 0 Å². The second-order valence-corrected chi connectivity index (χ2v) is 7.79. The molecule has 0 saturated heterocycles. The molecule has 2 rings (SSSR count). The van der Waals surface area contributed by atoms with Crippen LogP contribution in [0, 0.1) is 5.92 Å². The quantitative estimate of drug-likeness (QED) is 0.791. The highest BCUT2D eigenvalue weighted by molar-refractivity contribution is 7.10. The van der Waals surface area contributed by atoms with Crippen LogP contribution in [-0.2, 0) is 13.1 Å². The van der Waals surface area contributed by atoms with Crippen LogP contribution in [0.25, 0.3) is 0 Å². The van der Waals surface area contributed by atoms with Crippen molar-refractivity contribution in [2.45, 2.75) is 39.9 Å². The van der Waals surface area contributed by atoms with Crippen molar-refractivity contribution in [2.24, 2.45) is 5.92 Å². The summed E-state index contributed by atoms with van der Waals surface area (Å²) < 4.78 is 0. The highest BCUT2D eigenvalue weighted by atomic mass is 32.1. The van der Waals surface area contributed by atoms with Crippen LogP contribution in [0.4, 0.5) is 0 Å². The molecular weight excluding hydrogens is 298 g/mol. The lowest BCUT2D eigenvalue weighted by Crippen LogP contribution is -2.21. The van der Waals surface area contributed by atoms with E-state index in [1.807, 2.05) is 11.3 Å². The Morgan fingerprint density at radius 2 is 2.10 bits per heavy atom. The zero-order chi connectivity index (χ0) is 15.2. The van der Waals surface area contributed by atoms with E-state index in [0.29, 0.717) is 12.0 Å². The van der Waals surface area contributed by atoms with Gasteiger partial charge in [0.2, 0.25) is 0 Å². The van der Waals surface area contributed by atoms with Crippen molar-refractivity contribution >= 4 is 22.7 Å². The van der Waals surface area contributed by atoms with Gasteiger partial charge in [0.05, 0.1) is 5.69 Å². The van der Waals surface area contributed by atoms with Gasteiger partial charge in [-0.2, -0.15) is 0 Å². The second kappa shape index (κ2) is 8.03. The van der Waals surface area contributed by atoms with E-state index in [9.17, 15) is 0 Å². The number of thiazole rings is 1. The molecule has 3 nitrogen and oxygen atoms in total. The Bertz CT molecular complexity index is 519. The van der Waals surface area contributed by atoms with Crippen LogP contribution in [0.5, 0.6) is 0 Å². The summed E-state index contributed by atoms with van der Waals surface area (Å²) in [5.74, 6) is 0.683. The van der Waals surface area contributed by atoms with Crippen LogP contribution in [-0.4, -0.2) is 23.5 Å². The van der Waals surface area contributed by atoms with Gasteiger partial charge in [-0.15, -0.1) is 22.7 Å². The molecule has 116 valence electrons. The Labute approximate surface area is 136 Å². The first-order valence-corrected chi connectivity index (χ1v) is 9.20. The molecule has 2 aromatic rings. The molecule has 0 radical (unpaired) electrons. The average molecular weight is 324 g/mol. The first-order chi connectivity index (χ1) is 10.1. The molecule has 0 spiro atoms. The SMILES string of the molecule is CC(C)CNCc1nc(CN(C)C(C)c2cccs2)cs1. The molecule has 0 fully saturated rings. The maximum atomic E-state index is 4.73. The van der Waals surface area contributed by atoms with Crippen molar-refractivity contribution in [3.05, 3.63) is 38.5 Å². The Hall–Kier alpha value is -0.750. The fourth-order valence-electron chi connectivity index (χ4n) is 2.11. The number of rotatable bonds is 8. The summed E-state index contributed by atoms with van der Waals surface area (Å²) >= 11 is 3.57. The average Bonchev–Trinajstić information content (AvgIpc) is 3.09. The number of hydrogen-bond donors (Lipinski definition) is 1. The van der Waals surface area contributed by atoms with E-state index in [1.54, 1.807) is 11.3 Å². The van der Waals surface area contributed by atoms with E-state index in [0.717, 1.165) is 19.6 Å². The van der Waals surface area contributed by atoms with Gasteiger partial charge in [0.15, 0.2) is 0 Å². The van der Waals surface area contributed by atoms with Gasteiger partial charge >= 0.3 is 0 Å². The van der Waals surface area contributed by atoms with Gasteiger partial charge in [0, 0.05) is 29.4 Å². The first kappa shape index (κ1) is 16.6.